The van der Waals surface area contributed by atoms with Gasteiger partial charge in [-0.05, 0) is 46.2 Å². The van der Waals surface area contributed by atoms with Gasteiger partial charge in [0.1, 0.15) is 0 Å². The van der Waals surface area contributed by atoms with Crippen LogP contribution < -0.4 is 10.9 Å². The second-order valence-electron chi connectivity index (χ2n) is 6.20. The van der Waals surface area contributed by atoms with E-state index in [0.29, 0.717) is 5.69 Å². The smallest absolute Gasteiger partial charge is 0.398 e. The van der Waals surface area contributed by atoms with Crippen LogP contribution in [0.5, 0.6) is 0 Å². The largest absolute Gasteiger partial charge is 0.514 e. The van der Waals surface area contributed by atoms with Crippen molar-refractivity contribution in [2.75, 3.05) is 5.32 Å². The maximum Gasteiger partial charge on any atom is 0.514 e. The van der Waals surface area contributed by atoms with Crippen LogP contribution >= 0.6 is 0 Å². The molecule has 1 N–H and O–H groups in total. The SMILES string of the molecule is CC(=O)Nc1cnc(B2OC(C)(C)C(C)(C)O2)c(C)c1. The Balaban J connectivity index is 2.25. The molecular weight excluding hydrogens is 255 g/mol. The molecule has 0 saturated carbocycles. The lowest BCUT2D eigenvalue weighted by molar-refractivity contribution is -0.114. The van der Waals surface area contributed by atoms with Gasteiger partial charge in [0.05, 0.1) is 22.5 Å². The zero-order valence-corrected chi connectivity index (χ0v) is 12.9. The molecule has 0 spiro atoms. The Kier molecular flexibility index (Phi) is 3.65. The van der Waals surface area contributed by atoms with Crippen molar-refractivity contribution >= 4 is 24.3 Å². The number of aromatic nitrogens is 1. The van der Waals surface area contributed by atoms with Crippen LogP contribution in [0.1, 0.15) is 40.2 Å². The summed E-state index contributed by atoms with van der Waals surface area (Å²) >= 11 is 0. The Morgan fingerprint density at radius 2 is 1.80 bits per heavy atom. The lowest BCUT2D eigenvalue weighted by Gasteiger charge is -2.32. The van der Waals surface area contributed by atoms with Gasteiger partial charge >= 0.3 is 7.12 Å². The van der Waals surface area contributed by atoms with Crippen molar-refractivity contribution in [1.29, 1.82) is 0 Å². The maximum atomic E-state index is 11.0. The average Bonchev–Trinajstić information content (AvgIpc) is 2.46. The number of carbonyl (C=O) groups is 1. The van der Waals surface area contributed by atoms with E-state index in [1.807, 2.05) is 40.7 Å². The minimum Gasteiger partial charge on any atom is -0.398 e. The summed E-state index contributed by atoms with van der Waals surface area (Å²) in [6.45, 7) is 11.4. The molecular formula is C14H21BN2O3. The van der Waals surface area contributed by atoms with Crippen LogP contribution in [0.4, 0.5) is 5.69 Å². The van der Waals surface area contributed by atoms with Crippen LogP contribution in [-0.4, -0.2) is 29.2 Å². The molecule has 1 fully saturated rings. The van der Waals surface area contributed by atoms with Crippen LogP contribution in [0, 0.1) is 6.92 Å². The molecule has 108 valence electrons. The number of nitrogens with zero attached hydrogens (tertiary/aromatic N) is 1. The predicted molar refractivity (Wildman–Crippen MR) is 79.0 cm³/mol. The van der Waals surface area contributed by atoms with E-state index in [-0.39, 0.29) is 17.1 Å². The molecule has 1 aliphatic rings. The molecule has 1 aliphatic heterocycles. The van der Waals surface area contributed by atoms with E-state index in [1.54, 1.807) is 6.20 Å². The van der Waals surface area contributed by atoms with Crippen LogP contribution in [0.3, 0.4) is 0 Å². The molecule has 1 saturated heterocycles. The van der Waals surface area contributed by atoms with E-state index in [0.717, 1.165) is 11.2 Å². The van der Waals surface area contributed by atoms with Gasteiger partial charge in [0.15, 0.2) is 0 Å². The van der Waals surface area contributed by atoms with Gasteiger partial charge in [0, 0.05) is 13.1 Å². The Morgan fingerprint density at radius 3 is 2.25 bits per heavy atom. The predicted octanol–water partition coefficient (Wildman–Crippen LogP) is 1.65. The molecule has 1 aromatic rings. The van der Waals surface area contributed by atoms with E-state index in [2.05, 4.69) is 10.3 Å². The molecule has 5 nitrogen and oxygen atoms in total. The number of pyridine rings is 1. The van der Waals surface area contributed by atoms with E-state index >= 15 is 0 Å². The van der Waals surface area contributed by atoms with Crippen LogP contribution in [-0.2, 0) is 14.1 Å². The summed E-state index contributed by atoms with van der Waals surface area (Å²) in [6.07, 6.45) is 1.62. The highest BCUT2D eigenvalue weighted by atomic mass is 16.7. The topological polar surface area (TPSA) is 60.5 Å². The van der Waals surface area contributed by atoms with E-state index in [1.165, 1.54) is 6.92 Å². The van der Waals surface area contributed by atoms with Crippen LogP contribution in [0.2, 0.25) is 0 Å². The van der Waals surface area contributed by atoms with Crippen molar-refractivity contribution in [2.45, 2.75) is 52.7 Å². The quantitative estimate of drug-likeness (QED) is 0.834. The fraction of sp³-hybridized carbons (Fsp3) is 0.571. The van der Waals surface area contributed by atoms with Crippen molar-refractivity contribution in [3.63, 3.8) is 0 Å². The molecule has 0 bridgehead atoms. The van der Waals surface area contributed by atoms with Gasteiger partial charge in [0.2, 0.25) is 5.91 Å². The minimum atomic E-state index is -0.480. The van der Waals surface area contributed by atoms with Crippen LogP contribution in [0.25, 0.3) is 0 Å². The molecule has 2 heterocycles. The van der Waals surface area contributed by atoms with Crippen molar-refractivity contribution < 1.29 is 14.1 Å². The molecule has 20 heavy (non-hydrogen) atoms. The number of hydrogen-bond donors (Lipinski definition) is 1. The van der Waals surface area contributed by atoms with Crippen molar-refractivity contribution in [3.05, 3.63) is 17.8 Å². The summed E-state index contributed by atoms with van der Waals surface area (Å²) in [5.74, 6) is -0.116. The highest BCUT2D eigenvalue weighted by molar-refractivity contribution is 6.61. The number of rotatable bonds is 2. The van der Waals surface area contributed by atoms with Crippen molar-refractivity contribution in [3.8, 4) is 0 Å². The highest BCUT2D eigenvalue weighted by Crippen LogP contribution is 2.36. The Labute approximate surface area is 120 Å². The fourth-order valence-corrected chi connectivity index (χ4v) is 2.06. The summed E-state index contributed by atoms with van der Waals surface area (Å²) < 4.78 is 12.0. The first kappa shape index (κ1) is 15.0. The summed E-state index contributed by atoms with van der Waals surface area (Å²) in [7, 11) is -0.480. The van der Waals surface area contributed by atoms with E-state index < -0.39 is 7.12 Å². The third-order valence-corrected chi connectivity index (χ3v) is 3.92. The molecule has 0 atom stereocenters. The van der Waals surface area contributed by atoms with E-state index in [9.17, 15) is 4.79 Å². The van der Waals surface area contributed by atoms with Gasteiger partial charge in [-0.3, -0.25) is 9.78 Å². The monoisotopic (exact) mass is 276 g/mol. The molecule has 1 aromatic heterocycles. The first-order chi connectivity index (χ1) is 9.12. The lowest BCUT2D eigenvalue weighted by atomic mass is 9.81. The normalized spacial score (nSPS) is 20.0. The molecule has 2 rings (SSSR count). The molecule has 0 aliphatic carbocycles. The van der Waals surface area contributed by atoms with Gasteiger partial charge in [-0.1, -0.05) is 0 Å². The Hall–Kier alpha value is -1.40. The first-order valence-electron chi connectivity index (χ1n) is 6.72. The van der Waals surface area contributed by atoms with Gasteiger partial charge < -0.3 is 14.6 Å². The zero-order chi connectivity index (χ0) is 15.1. The third kappa shape index (κ3) is 2.71. The molecule has 0 unspecified atom stereocenters. The van der Waals surface area contributed by atoms with Gasteiger partial charge in [-0.15, -0.1) is 0 Å². The number of aryl methyl sites for hydroxylation is 1. The van der Waals surface area contributed by atoms with Gasteiger partial charge in [-0.2, -0.15) is 0 Å². The number of amides is 1. The summed E-state index contributed by atoms with van der Waals surface area (Å²) in [5, 5.41) is 2.71. The second-order valence-corrected chi connectivity index (χ2v) is 6.20. The lowest BCUT2D eigenvalue weighted by Crippen LogP contribution is -2.41. The zero-order valence-electron chi connectivity index (χ0n) is 12.9. The number of carbonyl (C=O) groups excluding carboxylic acids is 1. The number of hydrogen-bond acceptors (Lipinski definition) is 4. The van der Waals surface area contributed by atoms with Crippen molar-refractivity contribution in [2.24, 2.45) is 0 Å². The summed E-state index contributed by atoms with van der Waals surface area (Å²) in [6, 6.07) is 1.87. The number of nitrogens with one attached hydrogen (secondary N) is 1. The summed E-state index contributed by atoms with van der Waals surface area (Å²) in [4.78, 5) is 15.4. The Bertz CT molecular complexity index is 527. The average molecular weight is 276 g/mol. The van der Waals surface area contributed by atoms with Crippen molar-refractivity contribution in [1.82, 2.24) is 4.98 Å². The Morgan fingerprint density at radius 1 is 1.25 bits per heavy atom. The van der Waals surface area contributed by atoms with E-state index in [4.69, 9.17) is 9.31 Å². The van der Waals surface area contributed by atoms with Gasteiger partial charge in [-0.25, -0.2) is 0 Å². The van der Waals surface area contributed by atoms with Gasteiger partial charge in [0.25, 0.3) is 0 Å². The molecule has 0 radical (unpaired) electrons. The molecule has 0 aromatic carbocycles. The fourth-order valence-electron chi connectivity index (χ4n) is 2.06. The first-order valence-corrected chi connectivity index (χ1v) is 6.72. The molecule has 1 amide bonds. The summed E-state index contributed by atoms with van der Waals surface area (Å²) in [5.41, 5.74) is 1.58. The second kappa shape index (κ2) is 4.86. The standard InChI is InChI=1S/C14H21BN2O3/c1-9-7-11(17-10(2)18)8-16-12(9)15-19-13(3,4)14(5,6)20-15/h7-8H,1-6H3,(H,17,18). The highest BCUT2D eigenvalue weighted by Gasteiger charge is 2.52. The third-order valence-electron chi connectivity index (χ3n) is 3.92. The maximum absolute atomic E-state index is 11.0. The number of anilines is 1. The minimum absolute atomic E-state index is 0.116. The van der Waals surface area contributed by atoms with Crippen LogP contribution in [0.15, 0.2) is 12.3 Å². The molecule has 6 heteroatoms.